The number of hydrogen-bond acceptors (Lipinski definition) is 4. The molecular formula is C13H19F3NO5S+. The van der Waals surface area contributed by atoms with E-state index in [1.54, 1.807) is 19.1 Å². The number of rotatable bonds is 3. The molecule has 1 aromatic rings. The van der Waals surface area contributed by atoms with Gasteiger partial charge in [0, 0.05) is 0 Å². The number of carbonyl (C=O) groups is 1. The predicted octanol–water partition coefficient (Wildman–Crippen LogP) is 2.45. The lowest BCUT2D eigenvalue weighted by atomic mass is 10.2. The molecule has 0 amide bonds. The van der Waals surface area contributed by atoms with Crippen LogP contribution in [0, 0.1) is 0 Å². The van der Waals surface area contributed by atoms with Gasteiger partial charge in [0.05, 0.1) is 33.3 Å². The fraction of sp³-hybridized carbons (Fsp3) is 0.462. The monoisotopic (exact) mass is 358 g/mol. The lowest BCUT2D eigenvalue weighted by Crippen LogP contribution is -2.34. The highest BCUT2D eigenvalue weighted by molar-refractivity contribution is 7.86. The maximum absolute atomic E-state index is 11.4. The summed E-state index contributed by atoms with van der Waals surface area (Å²) in [4.78, 5) is 11.4. The van der Waals surface area contributed by atoms with Gasteiger partial charge in [0.15, 0.2) is 0 Å². The first-order chi connectivity index (χ1) is 10.2. The van der Waals surface area contributed by atoms with E-state index in [2.05, 4.69) is 21.1 Å². The minimum atomic E-state index is -5.84. The molecule has 0 atom stereocenters. The molecular weight excluding hydrogens is 339 g/mol. The predicted molar refractivity (Wildman–Crippen MR) is 79.6 cm³/mol. The summed E-state index contributed by atoms with van der Waals surface area (Å²) in [5, 5.41) is 0. The number of quaternary nitrogens is 1. The molecule has 0 aliphatic rings. The highest BCUT2D eigenvalue weighted by Gasteiger charge is 2.44. The van der Waals surface area contributed by atoms with Crippen LogP contribution >= 0.6 is 0 Å². The van der Waals surface area contributed by atoms with Gasteiger partial charge in [0.25, 0.3) is 0 Å². The second kappa shape index (κ2) is 7.75. The van der Waals surface area contributed by atoms with E-state index in [9.17, 15) is 18.0 Å². The first kappa shape index (κ1) is 21.4. The molecule has 0 radical (unpaired) electrons. The average Bonchev–Trinajstić information content (AvgIpc) is 2.36. The highest BCUT2D eigenvalue weighted by atomic mass is 32.2. The first-order valence-electron chi connectivity index (χ1n) is 6.33. The first-order valence-corrected chi connectivity index (χ1v) is 7.77. The van der Waals surface area contributed by atoms with Crippen LogP contribution in [0.1, 0.15) is 17.3 Å². The van der Waals surface area contributed by atoms with Gasteiger partial charge in [-0.15, -0.1) is 0 Å². The molecule has 0 heterocycles. The van der Waals surface area contributed by atoms with Crippen molar-refractivity contribution in [3.63, 3.8) is 0 Å². The molecule has 1 aromatic carbocycles. The van der Waals surface area contributed by atoms with Crippen molar-refractivity contribution in [3.05, 3.63) is 29.8 Å². The van der Waals surface area contributed by atoms with Crippen LogP contribution in [-0.4, -0.2) is 52.2 Å². The van der Waals surface area contributed by atoms with Gasteiger partial charge in [-0.3, -0.25) is 9.04 Å². The number of carbonyl (C=O) groups excluding carboxylic acids is 1. The summed E-state index contributed by atoms with van der Waals surface area (Å²) >= 11 is 0. The summed E-state index contributed by atoms with van der Waals surface area (Å²) in [5.74, 6) is -0.259. The fourth-order valence-corrected chi connectivity index (χ4v) is 1.26. The molecule has 6 nitrogen and oxygen atoms in total. The Labute approximate surface area is 132 Å². The Morgan fingerprint density at radius 1 is 1.17 bits per heavy atom. The number of halogens is 3. The molecule has 0 spiro atoms. The summed E-state index contributed by atoms with van der Waals surface area (Å²) in [6.45, 7) is 2.22. The third-order valence-electron chi connectivity index (χ3n) is 2.45. The van der Waals surface area contributed by atoms with Crippen LogP contribution in [0.4, 0.5) is 18.9 Å². The lowest BCUT2D eigenvalue weighted by Gasteiger charge is -2.23. The zero-order valence-electron chi connectivity index (χ0n) is 13.1. The molecule has 0 aliphatic carbocycles. The quantitative estimate of drug-likeness (QED) is 0.389. The van der Waals surface area contributed by atoms with Gasteiger partial charge < -0.3 is 4.74 Å². The van der Waals surface area contributed by atoms with Gasteiger partial charge in [-0.25, -0.2) is 4.79 Å². The summed E-state index contributed by atoms with van der Waals surface area (Å²) in [5.41, 5.74) is -3.77. The van der Waals surface area contributed by atoms with Crippen molar-refractivity contribution >= 4 is 21.8 Å². The molecule has 0 aromatic heterocycles. The Morgan fingerprint density at radius 2 is 1.57 bits per heavy atom. The van der Waals surface area contributed by atoms with Crippen LogP contribution in [0.3, 0.4) is 0 Å². The Kier molecular flexibility index (Phi) is 7.20. The molecule has 1 rings (SSSR count). The van der Waals surface area contributed by atoms with Crippen LogP contribution in [0.5, 0.6) is 0 Å². The van der Waals surface area contributed by atoms with E-state index in [4.69, 9.17) is 17.7 Å². The third kappa shape index (κ3) is 7.44. The number of nitrogens with zero attached hydrogens (tertiary/aromatic N) is 1. The van der Waals surface area contributed by atoms with Gasteiger partial charge in [-0.2, -0.15) is 21.6 Å². The Hall–Kier alpha value is -1.65. The minimum absolute atomic E-state index is 0.259. The van der Waals surface area contributed by atoms with E-state index >= 15 is 0 Å². The Bertz CT molecular complexity index is 618. The van der Waals surface area contributed by atoms with Gasteiger partial charge in [0.2, 0.25) is 0 Å². The van der Waals surface area contributed by atoms with E-state index < -0.39 is 15.6 Å². The standard InChI is InChI=1S/C12H18NO2.CHF3O3S/c1-5-15-12(14)10-6-8-11(9-7-10)13(2,3)4;2-1(3,4)8(5,6)7/h6-9H,5H2,1-4H3;(H,5,6,7)/q+1;. The van der Waals surface area contributed by atoms with Gasteiger partial charge in [-0.1, -0.05) is 0 Å². The van der Waals surface area contributed by atoms with Gasteiger partial charge in [0.1, 0.15) is 5.69 Å². The second-order valence-corrected chi connectivity index (χ2v) is 6.61. The minimum Gasteiger partial charge on any atom is -0.462 e. The maximum atomic E-state index is 11.4. The van der Waals surface area contributed by atoms with Gasteiger partial charge >= 0.3 is 21.6 Å². The number of benzene rings is 1. The van der Waals surface area contributed by atoms with Crippen molar-refractivity contribution < 1.29 is 35.7 Å². The number of esters is 1. The zero-order chi connectivity index (χ0) is 18.5. The summed E-state index contributed by atoms with van der Waals surface area (Å²) in [6, 6.07) is 7.51. The zero-order valence-corrected chi connectivity index (χ0v) is 13.9. The Morgan fingerprint density at radius 3 is 1.83 bits per heavy atom. The second-order valence-electron chi connectivity index (χ2n) is 5.20. The van der Waals surface area contributed by atoms with Crippen LogP contribution in [0.25, 0.3) is 0 Å². The van der Waals surface area contributed by atoms with Crippen LogP contribution in [-0.2, 0) is 14.9 Å². The van der Waals surface area contributed by atoms with Crippen molar-refractivity contribution in [3.8, 4) is 0 Å². The molecule has 132 valence electrons. The molecule has 0 saturated heterocycles. The highest BCUT2D eigenvalue weighted by Crippen LogP contribution is 2.20. The molecule has 1 N–H and O–H groups in total. The summed E-state index contributed by atoms with van der Waals surface area (Å²) in [7, 11) is 0.408. The molecule has 0 aliphatic heterocycles. The molecule has 0 saturated carbocycles. The van der Waals surface area contributed by atoms with Gasteiger partial charge in [-0.05, 0) is 31.2 Å². The third-order valence-corrected chi connectivity index (χ3v) is 3.03. The van der Waals surface area contributed by atoms with E-state index in [0.29, 0.717) is 12.2 Å². The van der Waals surface area contributed by atoms with Crippen LogP contribution < -0.4 is 4.48 Å². The molecule has 0 bridgehead atoms. The summed E-state index contributed by atoms with van der Waals surface area (Å²) in [6.07, 6.45) is 0. The van der Waals surface area contributed by atoms with Crippen molar-refractivity contribution in [2.24, 2.45) is 0 Å². The SMILES string of the molecule is CCOC(=O)c1ccc([N+](C)(C)C)cc1.O=S(=O)(O)C(F)(F)F. The fourth-order valence-electron chi connectivity index (χ4n) is 1.26. The lowest BCUT2D eigenvalue weighted by molar-refractivity contribution is -0.0510. The van der Waals surface area contributed by atoms with Crippen molar-refractivity contribution in [1.29, 1.82) is 0 Å². The topological polar surface area (TPSA) is 80.7 Å². The summed E-state index contributed by atoms with van der Waals surface area (Å²) < 4.78 is 63.2. The normalized spacial score (nSPS) is 12.2. The smallest absolute Gasteiger partial charge is 0.462 e. The van der Waals surface area contributed by atoms with Crippen molar-refractivity contribution in [1.82, 2.24) is 4.48 Å². The van der Waals surface area contributed by atoms with Crippen molar-refractivity contribution in [2.75, 3.05) is 27.7 Å². The number of alkyl halides is 3. The Balaban J connectivity index is 0.000000515. The molecule has 23 heavy (non-hydrogen) atoms. The number of ether oxygens (including phenoxy) is 1. The number of hydrogen-bond donors (Lipinski definition) is 1. The van der Waals surface area contributed by atoms with Crippen molar-refractivity contribution in [2.45, 2.75) is 12.4 Å². The van der Waals surface area contributed by atoms with E-state index in [-0.39, 0.29) is 5.97 Å². The van der Waals surface area contributed by atoms with Crippen LogP contribution in [0.15, 0.2) is 24.3 Å². The van der Waals surface area contributed by atoms with E-state index in [1.165, 1.54) is 0 Å². The maximum Gasteiger partial charge on any atom is 0.522 e. The van der Waals surface area contributed by atoms with E-state index in [0.717, 1.165) is 10.2 Å². The molecule has 10 heteroatoms. The largest absolute Gasteiger partial charge is 0.522 e. The van der Waals surface area contributed by atoms with Crippen LogP contribution in [0.2, 0.25) is 0 Å². The van der Waals surface area contributed by atoms with E-state index in [1.807, 2.05) is 12.1 Å². The average molecular weight is 358 g/mol. The molecule has 0 unspecified atom stereocenters. The molecule has 0 fully saturated rings.